The van der Waals surface area contributed by atoms with Crippen LogP contribution in [0.4, 0.5) is 0 Å². The molecule has 0 saturated heterocycles. The molecule has 0 aromatic rings. The highest BCUT2D eigenvalue weighted by atomic mass is 32.1. The molecular formula is C8H8N2S. The summed E-state index contributed by atoms with van der Waals surface area (Å²) in [4.78, 5) is 4.17. The lowest BCUT2D eigenvalue weighted by atomic mass is 10.0. The first-order valence-corrected chi connectivity index (χ1v) is 3.92. The summed E-state index contributed by atoms with van der Waals surface area (Å²) in [6.45, 7) is 2.05. The third-order valence-corrected chi connectivity index (χ3v) is 1.96. The van der Waals surface area contributed by atoms with Gasteiger partial charge in [-0.1, -0.05) is 12.2 Å². The molecule has 1 atom stereocenters. The second kappa shape index (κ2) is 2.27. The number of nitrogens with one attached hydrogen (secondary N) is 1. The van der Waals surface area contributed by atoms with Crippen molar-refractivity contribution in [1.29, 1.82) is 0 Å². The fourth-order valence-corrected chi connectivity index (χ4v) is 1.46. The van der Waals surface area contributed by atoms with Crippen molar-refractivity contribution in [2.24, 2.45) is 4.99 Å². The molecular weight excluding hydrogens is 156 g/mol. The first kappa shape index (κ1) is 6.73. The summed E-state index contributed by atoms with van der Waals surface area (Å²) in [5.74, 6) is 0. The van der Waals surface area contributed by atoms with Crippen molar-refractivity contribution < 1.29 is 0 Å². The molecule has 0 radical (unpaired) electrons. The molecule has 1 heterocycles. The number of aliphatic imine (C=N–C) groups is 1. The van der Waals surface area contributed by atoms with Crippen LogP contribution in [0.1, 0.15) is 6.92 Å². The summed E-state index contributed by atoms with van der Waals surface area (Å²) >= 11 is 4.91. The second-order valence-electron chi connectivity index (χ2n) is 2.71. The summed E-state index contributed by atoms with van der Waals surface area (Å²) in [7, 11) is 0. The van der Waals surface area contributed by atoms with Crippen LogP contribution in [-0.4, -0.2) is 16.9 Å². The summed E-state index contributed by atoms with van der Waals surface area (Å²) in [5, 5.41) is 3.67. The first-order chi connectivity index (χ1) is 5.25. The van der Waals surface area contributed by atoms with Crippen molar-refractivity contribution in [3.63, 3.8) is 0 Å². The lowest BCUT2D eigenvalue weighted by Crippen LogP contribution is -2.30. The summed E-state index contributed by atoms with van der Waals surface area (Å²) in [6, 6.07) is 0.228. The van der Waals surface area contributed by atoms with Crippen LogP contribution in [0, 0.1) is 0 Å². The maximum absolute atomic E-state index is 4.91. The van der Waals surface area contributed by atoms with Crippen molar-refractivity contribution in [2.75, 3.05) is 0 Å². The molecule has 1 unspecified atom stereocenters. The number of nitrogens with zero attached hydrogens (tertiary/aromatic N) is 1. The highest BCUT2D eigenvalue weighted by Crippen LogP contribution is 2.12. The lowest BCUT2D eigenvalue weighted by molar-refractivity contribution is 0.961. The van der Waals surface area contributed by atoms with Crippen LogP contribution in [0.2, 0.25) is 0 Å². The zero-order valence-corrected chi connectivity index (χ0v) is 6.98. The normalized spacial score (nSPS) is 27.4. The Morgan fingerprint density at radius 3 is 3.27 bits per heavy atom. The topological polar surface area (TPSA) is 24.4 Å². The van der Waals surface area contributed by atoms with Gasteiger partial charge in [-0.25, -0.2) is 4.99 Å². The Labute approximate surface area is 70.7 Å². The molecule has 0 saturated carbocycles. The predicted molar refractivity (Wildman–Crippen MR) is 49.9 cm³/mol. The highest BCUT2D eigenvalue weighted by molar-refractivity contribution is 7.80. The number of allylic oxidation sites excluding steroid dienone is 2. The van der Waals surface area contributed by atoms with Crippen LogP contribution in [0.3, 0.4) is 0 Å². The molecule has 56 valence electrons. The highest BCUT2D eigenvalue weighted by Gasteiger charge is 2.20. The molecule has 0 amide bonds. The zero-order valence-electron chi connectivity index (χ0n) is 6.16. The lowest BCUT2D eigenvalue weighted by Gasteiger charge is -2.10. The Bertz CT molecular complexity index is 296. The summed E-state index contributed by atoms with van der Waals surface area (Å²) in [5.41, 5.74) is 2.27. The third kappa shape index (κ3) is 1.12. The van der Waals surface area contributed by atoms with E-state index in [9.17, 15) is 0 Å². The molecule has 11 heavy (non-hydrogen) atoms. The molecule has 3 heteroatoms. The van der Waals surface area contributed by atoms with Gasteiger partial charge in [-0.2, -0.15) is 0 Å². The van der Waals surface area contributed by atoms with E-state index in [1.807, 2.05) is 0 Å². The van der Waals surface area contributed by atoms with Gasteiger partial charge in [0.2, 0.25) is 0 Å². The molecule has 0 spiro atoms. The van der Waals surface area contributed by atoms with Crippen LogP contribution < -0.4 is 5.32 Å². The largest absolute Gasteiger partial charge is 0.349 e. The van der Waals surface area contributed by atoms with Crippen LogP contribution in [0.5, 0.6) is 0 Å². The van der Waals surface area contributed by atoms with Crippen molar-refractivity contribution in [3.8, 4) is 0 Å². The van der Waals surface area contributed by atoms with E-state index in [-0.39, 0.29) is 6.04 Å². The second-order valence-corrected chi connectivity index (χ2v) is 3.10. The van der Waals surface area contributed by atoms with E-state index in [2.05, 4.69) is 35.5 Å². The Morgan fingerprint density at radius 1 is 1.64 bits per heavy atom. The van der Waals surface area contributed by atoms with E-state index in [4.69, 9.17) is 12.2 Å². The number of thiocarbonyl (C=S) groups is 1. The van der Waals surface area contributed by atoms with E-state index in [0.29, 0.717) is 5.11 Å². The Hall–Kier alpha value is -0.960. The van der Waals surface area contributed by atoms with Gasteiger partial charge >= 0.3 is 0 Å². The number of rotatable bonds is 0. The Kier molecular flexibility index (Phi) is 1.39. The standard InChI is InChI=1S/C8H8N2S/c1-5-2-3-6-7(4-5)10-8(11)9-6/h2-4,6H,1H3,(H,9,11). The van der Waals surface area contributed by atoms with E-state index < -0.39 is 0 Å². The van der Waals surface area contributed by atoms with Crippen LogP contribution >= 0.6 is 12.2 Å². The molecule has 1 aliphatic heterocycles. The van der Waals surface area contributed by atoms with Crippen LogP contribution in [-0.2, 0) is 0 Å². The SMILES string of the molecule is CC1=CC2=NC(=S)NC2C=C1. The third-order valence-electron chi connectivity index (χ3n) is 1.76. The Balaban J connectivity index is 2.38. The maximum Gasteiger partial charge on any atom is 0.193 e. The van der Waals surface area contributed by atoms with E-state index in [1.165, 1.54) is 5.57 Å². The van der Waals surface area contributed by atoms with Crippen LogP contribution in [0.25, 0.3) is 0 Å². The maximum atomic E-state index is 4.91. The average molecular weight is 164 g/mol. The van der Waals surface area contributed by atoms with Crippen molar-refractivity contribution in [3.05, 3.63) is 23.8 Å². The molecule has 0 aromatic carbocycles. The molecule has 2 rings (SSSR count). The molecule has 2 aliphatic rings. The number of hydrogen-bond donors (Lipinski definition) is 1. The molecule has 0 fully saturated rings. The first-order valence-electron chi connectivity index (χ1n) is 3.51. The number of hydrogen-bond acceptors (Lipinski definition) is 1. The van der Waals surface area contributed by atoms with Crippen LogP contribution in [0.15, 0.2) is 28.8 Å². The van der Waals surface area contributed by atoms with Gasteiger partial charge in [0.15, 0.2) is 5.11 Å². The zero-order chi connectivity index (χ0) is 7.84. The molecule has 1 N–H and O–H groups in total. The quantitative estimate of drug-likeness (QED) is 0.544. The summed E-state index contributed by atoms with van der Waals surface area (Å²) in [6.07, 6.45) is 6.20. The minimum absolute atomic E-state index is 0.228. The van der Waals surface area contributed by atoms with Gasteiger partial charge < -0.3 is 5.32 Å². The average Bonchev–Trinajstić information content (AvgIpc) is 2.27. The van der Waals surface area contributed by atoms with Crippen molar-refractivity contribution in [2.45, 2.75) is 13.0 Å². The van der Waals surface area contributed by atoms with Gasteiger partial charge in [0.25, 0.3) is 0 Å². The van der Waals surface area contributed by atoms with Crippen molar-refractivity contribution in [1.82, 2.24) is 5.32 Å². The fourth-order valence-electron chi connectivity index (χ4n) is 1.22. The van der Waals surface area contributed by atoms with Crippen molar-refractivity contribution >= 4 is 23.0 Å². The molecule has 0 bridgehead atoms. The van der Waals surface area contributed by atoms with E-state index >= 15 is 0 Å². The van der Waals surface area contributed by atoms with Gasteiger partial charge in [-0.15, -0.1) is 0 Å². The van der Waals surface area contributed by atoms with E-state index in [0.717, 1.165) is 5.71 Å². The Morgan fingerprint density at radius 2 is 2.45 bits per heavy atom. The summed E-state index contributed by atoms with van der Waals surface area (Å²) < 4.78 is 0. The molecule has 0 aromatic heterocycles. The van der Waals surface area contributed by atoms with Gasteiger partial charge in [0.05, 0.1) is 11.8 Å². The minimum atomic E-state index is 0.228. The van der Waals surface area contributed by atoms with Gasteiger partial charge in [-0.3, -0.25) is 0 Å². The monoisotopic (exact) mass is 164 g/mol. The fraction of sp³-hybridized carbons (Fsp3) is 0.250. The van der Waals surface area contributed by atoms with Gasteiger partial charge in [0, 0.05) is 0 Å². The minimum Gasteiger partial charge on any atom is -0.349 e. The number of fused-ring (bicyclic) bond motifs is 1. The van der Waals surface area contributed by atoms with Gasteiger partial charge in [-0.05, 0) is 30.8 Å². The van der Waals surface area contributed by atoms with Gasteiger partial charge in [0.1, 0.15) is 0 Å². The molecule has 2 nitrogen and oxygen atoms in total. The van der Waals surface area contributed by atoms with E-state index in [1.54, 1.807) is 0 Å². The molecule has 1 aliphatic carbocycles. The smallest absolute Gasteiger partial charge is 0.193 e. The predicted octanol–water partition coefficient (Wildman–Crippen LogP) is 1.20.